The highest BCUT2D eigenvalue weighted by atomic mass is 35.5. The number of nitrogens with one attached hydrogen (secondary N) is 2. The van der Waals surface area contributed by atoms with Gasteiger partial charge < -0.3 is 10.1 Å². The predicted octanol–water partition coefficient (Wildman–Crippen LogP) is 3.68. The standard InChI is InChI=1S/C16H17ClN4O/c1-10-5-16(19-15-6-11(17)3-4-14(10)15)18-8-12-7-13(9-22-2)21-20-12/h3-7H,8-9H2,1-2H3,(H,18,19)(H,20,21). The predicted molar refractivity (Wildman–Crippen MR) is 88.1 cm³/mol. The summed E-state index contributed by atoms with van der Waals surface area (Å²) < 4.78 is 5.05. The Bertz CT molecular complexity index is 800. The van der Waals surface area contributed by atoms with Gasteiger partial charge in [-0.05, 0) is 36.8 Å². The van der Waals surface area contributed by atoms with Gasteiger partial charge in [-0.1, -0.05) is 17.7 Å². The van der Waals surface area contributed by atoms with Crippen LogP contribution in [-0.2, 0) is 17.9 Å². The molecular weight excluding hydrogens is 300 g/mol. The van der Waals surface area contributed by atoms with Crippen molar-refractivity contribution in [2.24, 2.45) is 0 Å². The zero-order valence-electron chi connectivity index (χ0n) is 12.5. The molecule has 0 saturated heterocycles. The van der Waals surface area contributed by atoms with E-state index in [1.807, 2.05) is 30.3 Å². The quantitative estimate of drug-likeness (QED) is 0.753. The van der Waals surface area contributed by atoms with E-state index in [-0.39, 0.29) is 0 Å². The fourth-order valence-electron chi connectivity index (χ4n) is 2.37. The third-order valence-corrected chi connectivity index (χ3v) is 3.65. The molecule has 2 N–H and O–H groups in total. The van der Waals surface area contributed by atoms with Gasteiger partial charge in [0, 0.05) is 17.5 Å². The topological polar surface area (TPSA) is 62.8 Å². The van der Waals surface area contributed by atoms with Gasteiger partial charge in [-0.25, -0.2) is 4.98 Å². The first-order chi connectivity index (χ1) is 10.7. The first kappa shape index (κ1) is 14.8. The van der Waals surface area contributed by atoms with Crippen molar-refractivity contribution in [2.45, 2.75) is 20.1 Å². The van der Waals surface area contributed by atoms with E-state index >= 15 is 0 Å². The van der Waals surface area contributed by atoms with Crippen molar-refractivity contribution in [1.29, 1.82) is 0 Å². The van der Waals surface area contributed by atoms with Gasteiger partial charge in [-0.3, -0.25) is 5.10 Å². The summed E-state index contributed by atoms with van der Waals surface area (Å²) in [5, 5.41) is 12.3. The summed E-state index contributed by atoms with van der Waals surface area (Å²) in [5.74, 6) is 0.815. The third kappa shape index (κ3) is 3.21. The maximum atomic E-state index is 6.04. The number of aromatic nitrogens is 3. The molecule has 5 nitrogen and oxygen atoms in total. The largest absolute Gasteiger partial charge is 0.378 e. The molecule has 0 aliphatic rings. The molecule has 3 rings (SSSR count). The third-order valence-electron chi connectivity index (χ3n) is 3.41. The number of H-pyrrole nitrogens is 1. The Morgan fingerprint density at radius 3 is 2.95 bits per heavy atom. The Morgan fingerprint density at radius 1 is 1.27 bits per heavy atom. The first-order valence-electron chi connectivity index (χ1n) is 6.98. The van der Waals surface area contributed by atoms with Crippen molar-refractivity contribution in [3.05, 3.63) is 52.3 Å². The van der Waals surface area contributed by atoms with Crippen LogP contribution < -0.4 is 5.32 Å². The number of methoxy groups -OCH3 is 1. The molecule has 1 aromatic carbocycles. The summed E-state index contributed by atoms with van der Waals surface area (Å²) in [6.45, 7) is 3.19. The number of ether oxygens (including phenoxy) is 1. The molecule has 0 aliphatic heterocycles. The van der Waals surface area contributed by atoms with Crippen LogP contribution in [0.15, 0.2) is 30.3 Å². The fourth-order valence-corrected chi connectivity index (χ4v) is 2.54. The van der Waals surface area contributed by atoms with Crippen molar-refractivity contribution in [1.82, 2.24) is 15.2 Å². The van der Waals surface area contributed by atoms with E-state index in [4.69, 9.17) is 16.3 Å². The minimum absolute atomic E-state index is 0.502. The minimum atomic E-state index is 0.502. The van der Waals surface area contributed by atoms with Crippen LogP contribution in [0.1, 0.15) is 17.0 Å². The Balaban J connectivity index is 1.78. The average molecular weight is 317 g/mol. The molecular formula is C16H17ClN4O. The van der Waals surface area contributed by atoms with E-state index in [0.29, 0.717) is 18.2 Å². The lowest BCUT2D eigenvalue weighted by Gasteiger charge is -2.08. The van der Waals surface area contributed by atoms with Crippen molar-refractivity contribution in [3.8, 4) is 0 Å². The molecule has 3 aromatic rings. The van der Waals surface area contributed by atoms with Gasteiger partial charge in [0.05, 0.1) is 30.1 Å². The SMILES string of the molecule is COCc1cc(CNc2cc(C)c3ccc(Cl)cc3n2)[nH]n1. The summed E-state index contributed by atoms with van der Waals surface area (Å²) in [6.07, 6.45) is 0. The lowest BCUT2D eigenvalue weighted by molar-refractivity contribution is 0.181. The lowest BCUT2D eigenvalue weighted by atomic mass is 10.1. The van der Waals surface area contributed by atoms with Gasteiger partial charge in [0.2, 0.25) is 0 Å². The number of pyridine rings is 1. The molecule has 2 heterocycles. The monoisotopic (exact) mass is 316 g/mol. The second-order valence-electron chi connectivity index (χ2n) is 5.16. The van der Waals surface area contributed by atoms with Gasteiger partial charge in [-0.15, -0.1) is 0 Å². The molecule has 0 bridgehead atoms. The normalized spacial score (nSPS) is 11.0. The molecule has 6 heteroatoms. The van der Waals surface area contributed by atoms with E-state index in [0.717, 1.165) is 33.7 Å². The number of halogens is 1. The zero-order chi connectivity index (χ0) is 15.5. The van der Waals surface area contributed by atoms with Crippen molar-refractivity contribution < 1.29 is 4.74 Å². The van der Waals surface area contributed by atoms with Crippen LogP contribution in [0.4, 0.5) is 5.82 Å². The lowest BCUT2D eigenvalue weighted by Crippen LogP contribution is -2.02. The minimum Gasteiger partial charge on any atom is -0.378 e. The van der Waals surface area contributed by atoms with Crippen molar-refractivity contribution in [3.63, 3.8) is 0 Å². The maximum absolute atomic E-state index is 6.04. The zero-order valence-corrected chi connectivity index (χ0v) is 13.2. The van der Waals surface area contributed by atoms with E-state index < -0.39 is 0 Å². The van der Waals surface area contributed by atoms with Gasteiger partial charge in [-0.2, -0.15) is 5.10 Å². The van der Waals surface area contributed by atoms with Gasteiger partial charge in [0.1, 0.15) is 5.82 Å². The number of rotatable bonds is 5. The van der Waals surface area contributed by atoms with Crippen molar-refractivity contribution >= 4 is 28.3 Å². The summed E-state index contributed by atoms with van der Waals surface area (Å²) in [5.41, 5.74) is 3.92. The Labute approximate surface area is 133 Å². The highest BCUT2D eigenvalue weighted by molar-refractivity contribution is 6.31. The molecule has 22 heavy (non-hydrogen) atoms. The second-order valence-corrected chi connectivity index (χ2v) is 5.59. The first-order valence-corrected chi connectivity index (χ1v) is 7.36. The average Bonchev–Trinajstić information content (AvgIpc) is 2.93. The van der Waals surface area contributed by atoms with Gasteiger partial charge in [0.25, 0.3) is 0 Å². The van der Waals surface area contributed by atoms with Crippen LogP contribution in [0.25, 0.3) is 10.9 Å². The van der Waals surface area contributed by atoms with Gasteiger partial charge >= 0.3 is 0 Å². The van der Waals surface area contributed by atoms with Crippen LogP contribution in [0.2, 0.25) is 5.02 Å². The highest BCUT2D eigenvalue weighted by Gasteiger charge is 2.05. The summed E-state index contributed by atoms with van der Waals surface area (Å²) in [4.78, 5) is 4.60. The van der Waals surface area contributed by atoms with Crippen LogP contribution in [0.3, 0.4) is 0 Å². The number of aromatic amines is 1. The van der Waals surface area contributed by atoms with E-state index in [1.54, 1.807) is 7.11 Å². The van der Waals surface area contributed by atoms with E-state index in [1.165, 1.54) is 0 Å². The second kappa shape index (κ2) is 6.34. The van der Waals surface area contributed by atoms with E-state index in [2.05, 4.69) is 27.4 Å². The molecule has 114 valence electrons. The maximum Gasteiger partial charge on any atom is 0.127 e. The van der Waals surface area contributed by atoms with Crippen LogP contribution in [0.5, 0.6) is 0 Å². The van der Waals surface area contributed by atoms with Crippen LogP contribution >= 0.6 is 11.6 Å². The van der Waals surface area contributed by atoms with E-state index in [9.17, 15) is 0 Å². The van der Waals surface area contributed by atoms with Crippen LogP contribution in [-0.4, -0.2) is 22.3 Å². The Kier molecular flexibility index (Phi) is 4.27. The molecule has 2 aromatic heterocycles. The Morgan fingerprint density at radius 2 is 2.14 bits per heavy atom. The van der Waals surface area contributed by atoms with Crippen molar-refractivity contribution in [2.75, 3.05) is 12.4 Å². The molecule has 0 fully saturated rings. The number of nitrogens with zero attached hydrogens (tertiary/aromatic N) is 2. The molecule has 0 radical (unpaired) electrons. The molecule has 0 unspecified atom stereocenters. The van der Waals surface area contributed by atoms with Gasteiger partial charge in [0.15, 0.2) is 0 Å². The molecule has 0 atom stereocenters. The number of hydrogen-bond acceptors (Lipinski definition) is 4. The Hall–Kier alpha value is -2.11. The summed E-state index contributed by atoms with van der Waals surface area (Å²) in [7, 11) is 1.65. The number of anilines is 1. The smallest absolute Gasteiger partial charge is 0.127 e. The molecule has 0 aliphatic carbocycles. The molecule has 0 saturated carbocycles. The van der Waals surface area contributed by atoms with Crippen LogP contribution in [0, 0.1) is 6.92 Å². The highest BCUT2D eigenvalue weighted by Crippen LogP contribution is 2.23. The fraction of sp³-hybridized carbons (Fsp3) is 0.250. The number of aryl methyl sites for hydroxylation is 1. The molecule has 0 amide bonds. The number of benzene rings is 1. The number of fused-ring (bicyclic) bond motifs is 1. The molecule has 0 spiro atoms. The summed E-state index contributed by atoms with van der Waals surface area (Å²) >= 11 is 6.04. The number of hydrogen-bond donors (Lipinski definition) is 2. The summed E-state index contributed by atoms with van der Waals surface area (Å²) in [6, 6.07) is 9.76.